The molecule has 0 fully saturated rings. The van der Waals surface area contributed by atoms with Gasteiger partial charge in [0, 0.05) is 4.47 Å². The van der Waals surface area contributed by atoms with E-state index >= 15 is 0 Å². The molecule has 2 rings (SSSR count). The summed E-state index contributed by atoms with van der Waals surface area (Å²) in [5, 5.41) is 8.63. The Kier molecular flexibility index (Phi) is 3.43. The van der Waals surface area contributed by atoms with Crippen molar-refractivity contribution in [1.82, 2.24) is 4.98 Å². The number of ether oxygens (including phenoxy) is 1. The Hall–Kier alpha value is -1.82. The van der Waals surface area contributed by atoms with E-state index in [1.165, 1.54) is 0 Å². The molecule has 17 heavy (non-hydrogen) atoms. The van der Waals surface area contributed by atoms with E-state index in [0.717, 1.165) is 16.3 Å². The van der Waals surface area contributed by atoms with E-state index < -0.39 is 5.97 Å². The van der Waals surface area contributed by atoms with Crippen LogP contribution in [0.25, 0.3) is 0 Å². The predicted octanol–water partition coefficient (Wildman–Crippen LogP) is 2.71. The maximum absolute atomic E-state index is 10.5. The fraction of sp³-hybridized carbons (Fsp3) is 0.0909. The van der Waals surface area contributed by atoms with Crippen LogP contribution >= 0.6 is 15.9 Å². The van der Waals surface area contributed by atoms with Gasteiger partial charge in [0.1, 0.15) is 12.9 Å². The van der Waals surface area contributed by atoms with E-state index in [2.05, 4.69) is 20.9 Å². The normalized spacial score (nSPS) is 10.2. The first-order chi connectivity index (χ1) is 8.15. The summed E-state index contributed by atoms with van der Waals surface area (Å²) in [4.78, 5) is 14.2. The van der Waals surface area contributed by atoms with Gasteiger partial charge in [-0.3, -0.25) is 0 Å². The van der Waals surface area contributed by atoms with Crippen molar-refractivity contribution in [3.63, 3.8) is 0 Å². The minimum Gasteiger partial charge on any atom is -0.476 e. The fourth-order valence-corrected chi connectivity index (χ4v) is 1.41. The molecule has 5 nitrogen and oxygen atoms in total. The number of carboxylic acid groups (broad SMARTS) is 1. The quantitative estimate of drug-likeness (QED) is 0.939. The van der Waals surface area contributed by atoms with Gasteiger partial charge in [0.25, 0.3) is 0 Å². The number of rotatable bonds is 4. The van der Waals surface area contributed by atoms with E-state index in [-0.39, 0.29) is 18.4 Å². The van der Waals surface area contributed by atoms with Crippen LogP contribution in [0.4, 0.5) is 0 Å². The molecule has 0 saturated heterocycles. The smallest absolute Gasteiger partial charge is 0.394 e. The summed E-state index contributed by atoms with van der Waals surface area (Å²) in [6.07, 6.45) is 0.990. The molecule has 0 bridgehead atoms. The maximum atomic E-state index is 10.5. The zero-order valence-electron chi connectivity index (χ0n) is 8.59. The number of carboxylic acids is 1. The molecule has 88 valence electrons. The Morgan fingerprint density at radius 1 is 1.41 bits per heavy atom. The van der Waals surface area contributed by atoms with Gasteiger partial charge in [0.2, 0.25) is 0 Å². The standard InChI is InChI=1S/C11H8BrNO4/c12-8-3-1-7(2-4-8)5-16-11-13-9(6-17-11)10(14)15/h1-4,6H,5H2,(H,14,15). The molecule has 1 aromatic heterocycles. The number of aromatic nitrogens is 1. The van der Waals surface area contributed by atoms with Crippen LogP contribution in [0.2, 0.25) is 0 Å². The number of benzene rings is 1. The second-order valence-electron chi connectivity index (χ2n) is 3.22. The van der Waals surface area contributed by atoms with E-state index in [1.54, 1.807) is 0 Å². The average molecular weight is 298 g/mol. The Morgan fingerprint density at radius 2 is 2.12 bits per heavy atom. The molecule has 0 unspecified atom stereocenters. The van der Waals surface area contributed by atoms with E-state index in [1.807, 2.05) is 24.3 Å². The lowest BCUT2D eigenvalue weighted by molar-refractivity contribution is 0.0690. The third-order valence-electron chi connectivity index (χ3n) is 1.98. The Bertz CT molecular complexity index is 521. The minimum atomic E-state index is -1.15. The van der Waals surface area contributed by atoms with Gasteiger partial charge in [0.05, 0.1) is 0 Å². The molecule has 0 amide bonds. The van der Waals surface area contributed by atoms with Gasteiger partial charge in [0.15, 0.2) is 5.69 Å². The van der Waals surface area contributed by atoms with Crippen LogP contribution in [0, 0.1) is 0 Å². The molecular formula is C11H8BrNO4. The minimum absolute atomic E-state index is 0.0506. The number of carbonyl (C=O) groups is 1. The van der Waals surface area contributed by atoms with E-state index in [9.17, 15) is 4.79 Å². The van der Waals surface area contributed by atoms with Crippen LogP contribution in [0.1, 0.15) is 16.1 Å². The number of oxazole rings is 1. The summed E-state index contributed by atoms with van der Waals surface area (Å²) in [7, 11) is 0. The van der Waals surface area contributed by atoms with Gasteiger partial charge in [-0.15, -0.1) is 0 Å². The summed E-state index contributed by atoms with van der Waals surface area (Å²) >= 11 is 3.32. The van der Waals surface area contributed by atoms with Gasteiger partial charge < -0.3 is 14.3 Å². The molecule has 0 atom stereocenters. The maximum Gasteiger partial charge on any atom is 0.394 e. The van der Waals surface area contributed by atoms with Crippen molar-refractivity contribution < 1.29 is 19.1 Å². The van der Waals surface area contributed by atoms with Crippen LogP contribution in [0.5, 0.6) is 6.08 Å². The first-order valence-electron chi connectivity index (χ1n) is 4.71. The molecule has 0 saturated carbocycles. The molecule has 1 aromatic carbocycles. The highest BCUT2D eigenvalue weighted by atomic mass is 79.9. The lowest BCUT2D eigenvalue weighted by atomic mass is 10.2. The van der Waals surface area contributed by atoms with Gasteiger partial charge in [-0.1, -0.05) is 28.1 Å². The first-order valence-corrected chi connectivity index (χ1v) is 5.50. The third kappa shape index (κ3) is 3.07. The summed E-state index contributed by atoms with van der Waals surface area (Å²) < 4.78 is 11.0. The van der Waals surface area contributed by atoms with Gasteiger partial charge in [-0.05, 0) is 17.7 Å². The number of nitrogens with zero attached hydrogens (tertiary/aromatic N) is 1. The molecule has 1 heterocycles. The van der Waals surface area contributed by atoms with Gasteiger partial charge in [-0.25, -0.2) is 4.79 Å². The summed E-state index contributed by atoms with van der Waals surface area (Å²) in [5.74, 6) is -1.15. The highest BCUT2D eigenvalue weighted by Crippen LogP contribution is 2.14. The monoisotopic (exact) mass is 297 g/mol. The molecule has 0 aliphatic carbocycles. The van der Waals surface area contributed by atoms with E-state index in [0.29, 0.717) is 0 Å². The van der Waals surface area contributed by atoms with Crippen LogP contribution in [-0.4, -0.2) is 16.1 Å². The number of halogens is 1. The van der Waals surface area contributed by atoms with Crippen LogP contribution < -0.4 is 4.74 Å². The van der Waals surface area contributed by atoms with Crippen molar-refractivity contribution >= 4 is 21.9 Å². The number of hydrogen-bond donors (Lipinski definition) is 1. The third-order valence-corrected chi connectivity index (χ3v) is 2.51. The van der Waals surface area contributed by atoms with Crippen molar-refractivity contribution in [3.8, 4) is 6.08 Å². The zero-order chi connectivity index (χ0) is 12.3. The van der Waals surface area contributed by atoms with Crippen molar-refractivity contribution in [1.29, 1.82) is 0 Å². The van der Waals surface area contributed by atoms with Crippen molar-refractivity contribution in [2.75, 3.05) is 0 Å². The van der Waals surface area contributed by atoms with E-state index in [4.69, 9.17) is 14.3 Å². The highest BCUT2D eigenvalue weighted by Gasteiger charge is 2.11. The molecule has 6 heteroatoms. The summed E-state index contributed by atoms with van der Waals surface area (Å²) in [5.41, 5.74) is 0.763. The number of hydrogen-bond acceptors (Lipinski definition) is 4. The zero-order valence-corrected chi connectivity index (χ0v) is 10.2. The van der Waals surface area contributed by atoms with Gasteiger partial charge >= 0.3 is 12.0 Å². The molecule has 0 radical (unpaired) electrons. The van der Waals surface area contributed by atoms with Gasteiger partial charge in [-0.2, -0.15) is 4.98 Å². The van der Waals surface area contributed by atoms with Crippen molar-refractivity contribution in [3.05, 3.63) is 46.3 Å². The second-order valence-corrected chi connectivity index (χ2v) is 4.13. The summed E-state index contributed by atoms with van der Waals surface area (Å²) in [6, 6.07) is 7.53. The summed E-state index contributed by atoms with van der Waals surface area (Å²) in [6.45, 7) is 0.271. The molecular weight excluding hydrogens is 290 g/mol. The number of aromatic carboxylic acids is 1. The van der Waals surface area contributed by atoms with Crippen LogP contribution in [0.15, 0.2) is 39.4 Å². The Balaban J connectivity index is 1.97. The lowest BCUT2D eigenvalue weighted by Gasteiger charge is -2.01. The van der Waals surface area contributed by atoms with Crippen LogP contribution in [-0.2, 0) is 6.61 Å². The Labute approximate surface area is 105 Å². The predicted molar refractivity (Wildman–Crippen MR) is 61.9 cm³/mol. The lowest BCUT2D eigenvalue weighted by Crippen LogP contribution is -1.98. The average Bonchev–Trinajstić information content (AvgIpc) is 2.77. The van der Waals surface area contributed by atoms with Crippen molar-refractivity contribution in [2.24, 2.45) is 0 Å². The second kappa shape index (κ2) is 5.01. The van der Waals surface area contributed by atoms with Crippen LogP contribution in [0.3, 0.4) is 0 Å². The Morgan fingerprint density at radius 3 is 2.71 bits per heavy atom. The largest absolute Gasteiger partial charge is 0.476 e. The molecule has 2 aromatic rings. The topological polar surface area (TPSA) is 72.6 Å². The first kappa shape index (κ1) is 11.7. The molecule has 0 aliphatic rings. The highest BCUT2D eigenvalue weighted by molar-refractivity contribution is 9.10. The van der Waals surface area contributed by atoms with Crippen molar-refractivity contribution in [2.45, 2.75) is 6.61 Å². The SMILES string of the molecule is O=C(O)c1coc(OCc2ccc(Br)cc2)n1. The molecule has 1 N–H and O–H groups in total. The fourth-order valence-electron chi connectivity index (χ4n) is 1.15. The molecule has 0 spiro atoms. The molecule has 0 aliphatic heterocycles.